The fraction of sp³-hybridized carbons (Fsp3) is 0.143. The Hall–Kier alpha value is -2.74. The summed E-state index contributed by atoms with van der Waals surface area (Å²) in [5.74, 6) is 1.01. The van der Waals surface area contributed by atoms with Crippen LogP contribution in [0.15, 0.2) is 66.7 Å². The van der Waals surface area contributed by atoms with Crippen molar-refractivity contribution >= 4 is 0 Å². The van der Waals surface area contributed by atoms with Crippen LogP contribution in [0.1, 0.15) is 12.5 Å². The molecular weight excluding hydrogens is 284 g/mol. The van der Waals surface area contributed by atoms with Crippen molar-refractivity contribution in [3.05, 3.63) is 72.3 Å². The van der Waals surface area contributed by atoms with Crippen molar-refractivity contribution in [2.75, 3.05) is 7.11 Å². The number of rotatable bonds is 4. The summed E-state index contributed by atoms with van der Waals surface area (Å²) in [5, 5.41) is 9.83. The summed E-state index contributed by atoms with van der Waals surface area (Å²) in [5.41, 5.74) is 5.65. The molecule has 0 aliphatic rings. The second kappa shape index (κ2) is 6.57. The van der Waals surface area contributed by atoms with Gasteiger partial charge in [-0.15, -0.1) is 0 Å². The van der Waals surface area contributed by atoms with E-state index in [1.165, 1.54) is 16.7 Å². The number of phenols is 1. The zero-order valence-electron chi connectivity index (χ0n) is 13.4. The van der Waals surface area contributed by atoms with Gasteiger partial charge in [-0.05, 0) is 46.9 Å². The molecule has 0 spiro atoms. The molecule has 0 aliphatic heterocycles. The van der Waals surface area contributed by atoms with Gasteiger partial charge < -0.3 is 9.84 Å². The van der Waals surface area contributed by atoms with Gasteiger partial charge >= 0.3 is 0 Å². The van der Waals surface area contributed by atoms with E-state index in [0.29, 0.717) is 0 Å². The summed E-state index contributed by atoms with van der Waals surface area (Å²) < 4.78 is 5.46. The van der Waals surface area contributed by atoms with Gasteiger partial charge in [0, 0.05) is 5.56 Å². The smallest absolute Gasteiger partial charge is 0.126 e. The molecule has 3 aromatic rings. The molecule has 3 aromatic carbocycles. The molecule has 0 aromatic heterocycles. The van der Waals surface area contributed by atoms with Crippen LogP contribution in [0.4, 0.5) is 0 Å². The maximum Gasteiger partial charge on any atom is 0.126 e. The van der Waals surface area contributed by atoms with E-state index in [2.05, 4.69) is 37.3 Å². The second-order valence-electron chi connectivity index (χ2n) is 5.48. The predicted octanol–water partition coefficient (Wildman–Crippen LogP) is 5.30. The molecule has 0 aliphatic carbocycles. The molecule has 3 rings (SSSR count). The summed E-state index contributed by atoms with van der Waals surface area (Å²) in [6.45, 7) is 2.14. The molecule has 1 N–H and O–H groups in total. The van der Waals surface area contributed by atoms with Crippen molar-refractivity contribution in [3.8, 4) is 33.8 Å². The maximum absolute atomic E-state index is 9.83. The molecule has 0 saturated carbocycles. The lowest BCUT2D eigenvalue weighted by Gasteiger charge is -2.14. The normalized spacial score (nSPS) is 10.5. The van der Waals surface area contributed by atoms with Crippen LogP contribution in [-0.2, 0) is 6.42 Å². The van der Waals surface area contributed by atoms with E-state index in [1.807, 2.05) is 18.2 Å². The van der Waals surface area contributed by atoms with Crippen molar-refractivity contribution in [3.63, 3.8) is 0 Å². The van der Waals surface area contributed by atoms with E-state index in [-0.39, 0.29) is 5.75 Å². The molecule has 116 valence electrons. The second-order valence-corrected chi connectivity index (χ2v) is 5.48. The first-order valence-corrected chi connectivity index (χ1v) is 7.78. The van der Waals surface area contributed by atoms with E-state index in [4.69, 9.17) is 4.74 Å². The van der Waals surface area contributed by atoms with Gasteiger partial charge in [-0.2, -0.15) is 0 Å². The molecule has 0 fully saturated rings. The van der Waals surface area contributed by atoms with Crippen molar-refractivity contribution in [2.45, 2.75) is 13.3 Å². The Morgan fingerprint density at radius 2 is 1.61 bits per heavy atom. The average Bonchev–Trinajstić information content (AvgIpc) is 2.62. The molecule has 2 heteroatoms. The van der Waals surface area contributed by atoms with Crippen molar-refractivity contribution in [1.29, 1.82) is 0 Å². The average molecular weight is 304 g/mol. The van der Waals surface area contributed by atoms with E-state index < -0.39 is 0 Å². The van der Waals surface area contributed by atoms with Gasteiger partial charge in [0.2, 0.25) is 0 Å². The summed E-state index contributed by atoms with van der Waals surface area (Å²) in [7, 11) is 1.65. The van der Waals surface area contributed by atoms with Gasteiger partial charge in [0.1, 0.15) is 11.5 Å². The summed E-state index contributed by atoms with van der Waals surface area (Å²) in [6.07, 6.45) is 0.912. The lowest BCUT2D eigenvalue weighted by Crippen LogP contribution is -1.93. The number of aromatic hydroxyl groups is 1. The Morgan fingerprint density at radius 3 is 2.30 bits per heavy atom. The molecule has 2 nitrogen and oxygen atoms in total. The fourth-order valence-electron chi connectivity index (χ4n) is 2.87. The highest BCUT2D eigenvalue weighted by Crippen LogP contribution is 2.36. The van der Waals surface area contributed by atoms with Crippen molar-refractivity contribution in [2.24, 2.45) is 0 Å². The number of aryl methyl sites for hydroxylation is 1. The van der Waals surface area contributed by atoms with Crippen LogP contribution < -0.4 is 4.74 Å². The number of ether oxygens (including phenoxy) is 1. The summed E-state index contributed by atoms with van der Waals surface area (Å²) in [6, 6.07) is 22.0. The molecule has 0 radical (unpaired) electrons. The topological polar surface area (TPSA) is 29.5 Å². The summed E-state index contributed by atoms with van der Waals surface area (Å²) in [4.78, 5) is 0. The third kappa shape index (κ3) is 3.07. The van der Waals surface area contributed by atoms with Crippen molar-refractivity contribution < 1.29 is 9.84 Å². The third-order valence-electron chi connectivity index (χ3n) is 4.07. The largest absolute Gasteiger partial charge is 0.508 e. The van der Waals surface area contributed by atoms with Crippen LogP contribution in [-0.4, -0.2) is 12.2 Å². The van der Waals surface area contributed by atoms with Crippen LogP contribution in [0, 0.1) is 0 Å². The third-order valence-corrected chi connectivity index (χ3v) is 4.07. The van der Waals surface area contributed by atoms with E-state index in [1.54, 1.807) is 25.3 Å². The van der Waals surface area contributed by atoms with Gasteiger partial charge in [0.05, 0.1) is 7.11 Å². The van der Waals surface area contributed by atoms with E-state index in [9.17, 15) is 5.11 Å². The SMILES string of the molecule is CCc1cc(-c2ccccc2)ccc1-c1cc(O)ccc1OC. The summed E-state index contributed by atoms with van der Waals surface area (Å²) >= 11 is 0. The van der Waals surface area contributed by atoms with Gasteiger partial charge in [-0.25, -0.2) is 0 Å². The Bertz CT molecular complexity index is 807. The number of hydrogen-bond acceptors (Lipinski definition) is 2. The van der Waals surface area contributed by atoms with Crippen LogP contribution in [0.3, 0.4) is 0 Å². The molecule has 23 heavy (non-hydrogen) atoms. The van der Waals surface area contributed by atoms with Crippen LogP contribution in [0.2, 0.25) is 0 Å². The number of benzene rings is 3. The molecular formula is C21H20O2. The van der Waals surface area contributed by atoms with E-state index in [0.717, 1.165) is 23.3 Å². The van der Waals surface area contributed by atoms with Crippen LogP contribution in [0.25, 0.3) is 22.3 Å². The number of hydrogen-bond donors (Lipinski definition) is 1. The van der Waals surface area contributed by atoms with Gasteiger partial charge in [0.25, 0.3) is 0 Å². The quantitative estimate of drug-likeness (QED) is 0.709. The highest BCUT2D eigenvalue weighted by atomic mass is 16.5. The van der Waals surface area contributed by atoms with Crippen LogP contribution in [0.5, 0.6) is 11.5 Å². The maximum atomic E-state index is 9.83. The zero-order chi connectivity index (χ0) is 16.2. The Labute approximate surface area is 137 Å². The van der Waals surface area contributed by atoms with Crippen molar-refractivity contribution in [1.82, 2.24) is 0 Å². The fourth-order valence-corrected chi connectivity index (χ4v) is 2.87. The lowest BCUT2D eigenvalue weighted by atomic mass is 9.93. The standard InChI is InChI=1S/C21H20O2/c1-3-15-13-17(16-7-5-4-6-8-16)9-11-19(15)20-14-18(22)10-12-21(20)23-2/h4-14,22H,3H2,1-2H3. The first-order valence-electron chi connectivity index (χ1n) is 7.78. The first kappa shape index (κ1) is 15.2. The molecule has 0 unspecified atom stereocenters. The van der Waals surface area contributed by atoms with E-state index >= 15 is 0 Å². The van der Waals surface area contributed by atoms with Crippen LogP contribution >= 0.6 is 0 Å². The minimum absolute atomic E-state index is 0.245. The molecule has 0 atom stereocenters. The lowest BCUT2D eigenvalue weighted by molar-refractivity contribution is 0.414. The van der Waals surface area contributed by atoms with Gasteiger partial charge in [-0.3, -0.25) is 0 Å². The predicted molar refractivity (Wildman–Crippen MR) is 94.9 cm³/mol. The monoisotopic (exact) mass is 304 g/mol. The number of methoxy groups -OCH3 is 1. The highest BCUT2D eigenvalue weighted by Gasteiger charge is 2.12. The van der Waals surface area contributed by atoms with Gasteiger partial charge in [0.15, 0.2) is 0 Å². The minimum Gasteiger partial charge on any atom is -0.508 e. The minimum atomic E-state index is 0.245. The van der Waals surface area contributed by atoms with Gasteiger partial charge in [-0.1, -0.05) is 55.5 Å². The Morgan fingerprint density at radius 1 is 0.826 bits per heavy atom. The molecule has 0 heterocycles. The number of phenolic OH excluding ortho intramolecular Hbond substituents is 1. The zero-order valence-corrected chi connectivity index (χ0v) is 13.4. The molecule has 0 saturated heterocycles. The Kier molecular flexibility index (Phi) is 4.33. The molecule has 0 amide bonds. The molecule has 0 bridgehead atoms. The first-order chi connectivity index (χ1) is 11.2. The Balaban J connectivity index is 2.13. The highest BCUT2D eigenvalue weighted by molar-refractivity contribution is 5.78.